The summed E-state index contributed by atoms with van der Waals surface area (Å²) in [4.78, 5) is 25.9. The highest BCUT2D eigenvalue weighted by Gasteiger charge is 2.35. The molecule has 1 heterocycles. The Hall–Kier alpha value is -2.80. The highest BCUT2D eigenvalue weighted by atomic mass is 32.2. The minimum absolute atomic E-state index is 0.0619. The van der Waals surface area contributed by atoms with Crippen molar-refractivity contribution >= 4 is 29.0 Å². The molecule has 1 aliphatic rings. The van der Waals surface area contributed by atoms with E-state index in [2.05, 4.69) is 0 Å². The van der Waals surface area contributed by atoms with E-state index in [0.717, 1.165) is 16.7 Å². The molecule has 0 radical (unpaired) electrons. The van der Waals surface area contributed by atoms with Crippen LogP contribution in [-0.4, -0.2) is 28.3 Å². The van der Waals surface area contributed by atoms with Crippen LogP contribution in [0.25, 0.3) is 6.08 Å². The summed E-state index contributed by atoms with van der Waals surface area (Å²) in [7, 11) is 1.43. The van der Waals surface area contributed by atoms with Gasteiger partial charge < -0.3 is 9.84 Å². The summed E-state index contributed by atoms with van der Waals surface area (Å²) in [6.45, 7) is 0.0619. The number of aromatic hydroxyl groups is 1. The molecule has 7 heteroatoms. The number of benzene rings is 2. The number of phenols is 1. The Morgan fingerprint density at radius 2 is 1.92 bits per heavy atom. The summed E-state index contributed by atoms with van der Waals surface area (Å²) in [5, 5.41) is 9.69. The van der Waals surface area contributed by atoms with Crippen LogP contribution in [0.1, 0.15) is 11.1 Å². The average molecular weight is 359 g/mol. The minimum atomic E-state index is -0.457. The van der Waals surface area contributed by atoms with Gasteiger partial charge in [-0.15, -0.1) is 0 Å². The van der Waals surface area contributed by atoms with Crippen molar-refractivity contribution in [2.24, 2.45) is 0 Å². The number of hydrogen-bond acceptors (Lipinski definition) is 5. The van der Waals surface area contributed by atoms with Crippen LogP contribution < -0.4 is 4.74 Å². The van der Waals surface area contributed by atoms with Crippen molar-refractivity contribution in [3.05, 3.63) is 64.3 Å². The Balaban J connectivity index is 1.84. The first kappa shape index (κ1) is 17.0. The number of carbonyl (C=O) groups excluding carboxylic acids is 2. The summed E-state index contributed by atoms with van der Waals surface area (Å²) in [5.41, 5.74) is 1.03. The van der Waals surface area contributed by atoms with E-state index < -0.39 is 11.1 Å². The molecule has 128 valence electrons. The second-order valence-electron chi connectivity index (χ2n) is 5.29. The molecule has 1 saturated heterocycles. The summed E-state index contributed by atoms with van der Waals surface area (Å²) in [6, 6.07) is 10.5. The molecule has 1 N–H and O–H groups in total. The molecular formula is C18H14FNO4S. The van der Waals surface area contributed by atoms with E-state index in [0.29, 0.717) is 11.1 Å². The number of para-hydroxylation sites is 1. The molecule has 0 unspecified atom stereocenters. The fraction of sp³-hybridized carbons (Fsp3) is 0.111. The van der Waals surface area contributed by atoms with Gasteiger partial charge in [0, 0.05) is 5.56 Å². The third-order valence-electron chi connectivity index (χ3n) is 3.66. The van der Waals surface area contributed by atoms with Crippen LogP contribution in [-0.2, 0) is 11.3 Å². The van der Waals surface area contributed by atoms with Gasteiger partial charge in [0.15, 0.2) is 11.5 Å². The molecule has 0 spiro atoms. The van der Waals surface area contributed by atoms with E-state index >= 15 is 0 Å². The molecule has 2 aromatic carbocycles. The van der Waals surface area contributed by atoms with Gasteiger partial charge in [-0.25, -0.2) is 4.39 Å². The van der Waals surface area contributed by atoms with E-state index in [9.17, 15) is 19.1 Å². The molecule has 5 nitrogen and oxygen atoms in total. The second-order valence-corrected chi connectivity index (χ2v) is 6.29. The highest BCUT2D eigenvalue weighted by molar-refractivity contribution is 8.18. The lowest BCUT2D eigenvalue weighted by Gasteiger charge is -2.12. The Bertz CT molecular complexity index is 864. The van der Waals surface area contributed by atoms with Crippen LogP contribution in [0.15, 0.2) is 47.4 Å². The molecule has 0 saturated carbocycles. The first-order valence-corrected chi connectivity index (χ1v) is 8.17. The van der Waals surface area contributed by atoms with E-state index in [-0.39, 0.29) is 28.8 Å². The molecule has 0 aliphatic carbocycles. The molecule has 0 bridgehead atoms. The van der Waals surface area contributed by atoms with Gasteiger partial charge in [0.05, 0.1) is 18.6 Å². The molecule has 0 aromatic heterocycles. The zero-order chi connectivity index (χ0) is 18.0. The van der Waals surface area contributed by atoms with Crippen molar-refractivity contribution in [3.63, 3.8) is 0 Å². The van der Waals surface area contributed by atoms with Crippen molar-refractivity contribution in [1.82, 2.24) is 4.90 Å². The maximum absolute atomic E-state index is 13.0. The van der Waals surface area contributed by atoms with Crippen LogP contribution in [0.4, 0.5) is 9.18 Å². The van der Waals surface area contributed by atoms with Gasteiger partial charge in [-0.3, -0.25) is 14.5 Å². The Morgan fingerprint density at radius 1 is 1.20 bits per heavy atom. The maximum atomic E-state index is 13.0. The first-order valence-electron chi connectivity index (χ1n) is 7.35. The third kappa shape index (κ3) is 3.51. The van der Waals surface area contributed by atoms with Crippen LogP contribution in [0.5, 0.6) is 11.5 Å². The summed E-state index contributed by atoms with van der Waals surface area (Å²) < 4.78 is 18.0. The van der Waals surface area contributed by atoms with Crippen LogP contribution in [0.2, 0.25) is 0 Å². The first-order chi connectivity index (χ1) is 12.0. The van der Waals surface area contributed by atoms with Crippen molar-refractivity contribution < 1.29 is 23.8 Å². The highest BCUT2D eigenvalue weighted by Crippen LogP contribution is 2.37. The molecular weight excluding hydrogens is 345 g/mol. The lowest BCUT2D eigenvalue weighted by molar-refractivity contribution is -0.123. The molecule has 25 heavy (non-hydrogen) atoms. The van der Waals surface area contributed by atoms with Crippen LogP contribution >= 0.6 is 11.8 Å². The number of ether oxygens (including phenoxy) is 1. The van der Waals surface area contributed by atoms with E-state index in [1.807, 2.05) is 0 Å². The zero-order valence-electron chi connectivity index (χ0n) is 13.2. The van der Waals surface area contributed by atoms with Crippen molar-refractivity contribution in [1.29, 1.82) is 0 Å². The van der Waals surface area contributed by atoms with Crippen molar-refractivity contribution in [2.45, 2.75) is 6.54 Å². The van der Waals surface area contributed by atoms with Gasteiger partial charge in [-0.05, 0) is 41.6 Å². The number of nitrogens with zero attached hydrogens (tertiary/aromatic N) is 1. The van der Waals surface area contributed by atoms with Gasteiger partial charge in [0.25, 0.3) is 11.1 Å². The smallest absolute Gasteiger partial charge is 0.293 e. The third-order valence-corrected chi connectivity index (χ3v) is 4.57. The summed E-state index contributed by atoms with van der Waals surface area (Å²) in [5.74, 6) is -0.664. The molecule has 1 fully saturated rings. The van der Waals surface area contributed by atoms with Crippen molar-refractivity contribution in [3.8, 4) is 11.5 Å². The maximum Gasteiger partial charge on any atom is 0.293 e. The number of carbonyl (C=O) groups is 2. The largest absolute Gasteiger partial charge is 0.504 e. The predicted octanol–water partition coefficient (Wildman–Crippen LogP) is 3.78. The van der Waals surface area contributed by atoms with Gasteiger partial charge in [-0.1, -0.05) is 24.3 Å². The summed E-state index contributed by atoms with van der Waals surface area (Å²) in [6.07, 6.45) is 1.45. The molecule has 0 atom stereocenters. The standard InChI is InChI=1S/C18H14FNO4S/c1-24-14-4-2-3-12(16(14)21)9-15-17(22)20(18(23)25-15)10-11-5-7-13(19)8-6-11/h2-9,21H,10H2,1H3/b15-9-. The van der Waals surface area contributed by atoms with Crippen molar-refractivity contribution in [2.75, 3.05) is 7.11 Å². The minimum Gasteiger partial charge on any atom is -0.504 e. The average Bonchev–Trinajstić information content (AvgIpc) is 2.86. The normalized spacial score (nSPS) is 15.9. The van der Waals surface area contributed by atoms with Gasteiger partial charge >= 0.3 is 0 Å². The van der Waals surface area contributed by atoms with Crippen LogP contribution in [0, 0.1) is 5.82 Å². The number of halogens is 1. The number of rotatable bonds is 4. The molecule has 2 amide bonds. The molecule has 1 aliphatic heterocycles. The number of amides is 2. The topological polar surface area (TPSA) is 66.8 Å². The SMILES string of the molecule is COc1cccc(/C=C2\SC(=O)N(Cc3ccc(F)cc3)C2=O)c1O. The van der Waals surface area contributed by atoms with Gasteiger partial charge in [-0.2, -0.15) is 0 Å². The monoisotopic (exact) mass is 359 g/mol. The zero-order valence-corrected chi connectivity index (χ0v) is 14.0. The Morgan fingerprint density at radius 3 is 2.60 bits per heavy atom. The fourth-order valence-corrected chi connectivity index (χ4v) is 3.20. The van der Waals surface area contributed by atoms with E-state index in [4.69, 9.17) is 4.74 Å². The predicted molar refractivity (Wildman–Crippen MR) is 92.6 cm³/mol. The Labute approximate surface area is 147 Å². The second kappa shape index (κ2) is 6.98. The number of thioether (sulfide) groups is 1. The van der Waals surface area contributed by atoms with E-state index in [1.54, 1.807) is 18.2 Å². The lowest BCUT2D eigenvalue weighted by Crippen LogP contribution is -2.27. The summed E-state index contributed by atoms with van der Waals surface area (Å²) >= 11 is 0.794. The Kier molecular flexibility index (Phi) is 4.76. The number of phenolic OH excluding ortho intramolecular Hbond substituents is 1. The molecule has 3 rings (SSSR count). The van der Waals surface area contributed by atoms with E-state index in [1.165, 1.54) is 37.5 Å². The quantitative estimate of drug-likeness (QED) is 0.842. The lowest BCUT2D eigenvalue weighted by atomic mass is 10.1. The fourth-order valence-electron chi connectivity index (χ4n) is 2.37. The van der Waals surface area contributed by atoms with Gasteiger partial charge in [0.1, 0.15) is 5.82 Å². The van der Waals surface area contributed by atoms with Gasteiger partial charge in [0.2, 0.25) is 0 Å². The number of methoxy groups -OCH3 is 1. The molecule has 2 aromatic rings. The number of imide groups is 1. The van der Waals surface area contributed by atoms with Crippen LogP contribution in [0.3, 0.4) is 0 Å². The number of hydrogen-bond donors (Lipinski definition) is 1.